The molecule has 1 aromatic carbocycles. The quantitative estimate of drug-likeness (QED) is 0.462. The molecular formula is C11H9F2NOS. The van der Waals surface area contributed by atoms with E-state index in [9.17, 15) is 13.6 Å². The predicted molar refractivity (Wildman–Crippen MR) is 57.2 cm³/mol. The third kappa shape index (κ3) is 1.66. The van der Waals surface area contributed by atoms with E-state index in [2.05, 4.69) is 4.99 Å². The lowest BCUT2D eigenvalue weighted by Crippen LogP contribution is -2.07. The Labute approximate surface area is 95.8 Å². The molecule has 0 bridgehead atoms. The molecule has 2 rings (SSSR count). The maximum atomic E-state index is 13.9. The van der Waals surface area contributed by atoms with Crippen LogP contribution in [-0.2, 0) is 10.3 Å². The molecule has 0 aliphatic heterocycles. The summed E-state index contributed by atoms with van der Waals surface area (Å²) in [7, 11) is 0. The Kier molecular flexibility index (Phi) is 2.82. The van der Waals surface area contributed by atoms with Gasteiger partial charge in [0.2, 0.25) is 6.08 Å². The smallest absolute Gasteiger partial charge is 0.211 e. The van der Waals surface area contributed by atoms with Gasteiger partial charge in [-0.05, 0) is 25.2 Å². The zero-order valence-corrected chi connectivity index (χ0v) is 9.41. The average molecular weight is 241 g/mol. The molecule has 84 valence electrons. The molecule has 1 aliphatic rings. The third-order valence-electron chi connectivity index (χ3n) is 2.74. The summed E-state index contributed by atoms with van der Waals surface area (Å²) in [6, 6.07) is 2.57. The summed E-state index contributed by atoms with van der Waals surface area (Å²) in [6.45, 7) is 0. The van der Waals surface area contributed by atoms with Crippen LogP contribution in [-0.4, -0.2) is 12.3 Å². The summed E-state index contributed by atoms with van der Waals surface area (Å²) in [4.78, 5) is 13.9. The first-order valence-corrected chi connectivity index (χ1v) is 5.98. The van der Waals surface area contributed by atoms with E-state index in [0.717, 1.165) is 11.8 Å². The van der Waals surface area contributed by atoms with Crippen LogP contribution in [0.1, 0.15) is 18.4 Å². The second-order valence-electron chi connectivity index (χ2n) is 3.68. The van der Waals surface area contributed by atoms with Crippen molar-refractivity contribution in [1.82, 2.24) is 0 Å². The molecule has 1 saturated carbocycles. The zero-order chi connectivity index (χ0) is 11.8. The van der Waals surface area contributed by atoms with Crippen molar-refractivity contribution in [2.75, 3.05) is 6.26 Å². The summed E-state index contributed by atoms with van der Waals surface area (Å²) in [5, 5.41) is 0. The largest absolute Gasteiger partial charge is 0.235 e. The van der Waals surface area contributed by atoms with E-state index in [0.29, 0.717) is 18.4 Å². The molecular weight excluding hydrogens is 232 g/mol. The standard InChI is InChI=1S/C11H9F2NOS/c1-16-10-8(12)3-2-7(9(10)13)11(4-5-11)14-6-15/h2-3H,4-5H2,1H3. The van der Waals surface area contributed by atoms with Gasteiger partial charge in [0.1, 0.15) is 17.2 Å². The molecule has 1 aromatic rings. The van der Waals surface area contributed by atoms with Crippen molar-refractivity contribution >= 4 is 17.8 Å². The van der Waals surface area contributed by atoms with E-state index in [-0.39, 0.29) is 4.90 Å². The van der Waals surface area contributed by atoms with E-state index < -0.39 is 17.2 Å². The highest BCUT2D eigenvalue weighted by Crippen LogP contribution is 2.51. The van der Waals surface area contributed by atoms with Gasteiger partial charge >= 0.3 is 0 Å². The number of isocyanates is 1. The van der Waals surface area contributed by atoms with Crippen LogP contribution in [0.25, 0.3) is 0 Å². The Bertz CT molecular complexity index is 479. The van der Waals surface area contributed by atoms with Gasteiger partial charge in [0, 0.05) is 5.56 Å². The van der Waals surface area contributed by atoms with Crippen LogP contribution < -0.4 is 0 Å². The number of benzene rings is 1. The van der Waals surface area contributed by atoms with Crippen molar-refractivity contribution in [3.8, 4) is 0 Å². The van der Waals surface area contributed by atoms with Crippen LogP contribution in [0.15, 0.2) is 22.0 Å². The van der Waals surface area contributed by atoms with Gasteiger partial charge < -0.3 is 0 Å². The highest BCUT2D eigenvalue weighted by atomic mass is 32.2. The number of hydrogen-bond donors (Lipinski definition) is 0. The van der Waals surface area contributed by atoms with Crippen LogP contribution in [0.5, 0.6) is 0 Å². The van der Waals surface area contributed by atoms with Crippen molar-refractivity contribution < 1.29 is 13.6 Å². The molecule has 2 nitrogen and oxygen atoms in total. The van der Waals surface area contributed by atoms with Gasteiger partial charge in [-0.2, -0.15) is 4.99 Å². The fourth-order valence-corrected chi connectivity index (χ4v) is 2.28. The zero-order valence-electron chi connectivity index (χ0n) is 8.59. The van der Waals surface area contributed by atoms with Gasteiger partial charge in [0.25, 0.3) is 0 Å². The SMILES string of the molecule is CSc1c(F)ccc(C2(N=C=O)CC2)c1F. The molecule has 0 atom stereocenters. The first-order valence-electron chi connectivity index (χ1n) is 4.76. The normalized spacial score (nSPS) is 16.7. The maximum absolute atomic E-state index is 13.9. The Morgan fingerprint density at radius 2 is 2.12 bits per heavy atom. The van der Waals surface area contributed by atoms with Gasteiger partial charge in [-0.25, -0.2) is 13.6 Å². The number of thioether (sulfide) groups is 1. The molecule has 0 N–H and O–H groups in total. The Morgan fingerprint density at radius 3 is 2.62 bits per heavy atom. The number of hydrogen-bond acceptors (Lipinski definition) is 3. The van der Waals surface area contributed by atoms with Crippen LogP contribution >= 0.6 is 11.8 Å². The molecule has 0 amide bonds. The van der Waals surface area contributed by atoms with Gasteiger partial charge in [-0.3, -0.25) is 0 Å². The lowest BCUT2D eigenvalue weighted by molar-refractivity contribution is 0.512. The average Bonchev–Trinajstić information content (AvgIpc) is 3.00. The van der Waals surface area contributed by atoms with Crippen molar-refractivity contribution in [3.63, 3.8) is 0 Å². The molecule has 5 heteroatoms. The van der Waals surface area contributed by atoms with E-state index in [4.69, 9.17) is 0 Å². The minimum atomic E-state index is -0.788. The number of carbonyl (C=O) groups excluding carboxylic acids is 1. The van der Waals surface area contributed by atoms with Gasteiger partial charge in [0.15, 0.2) is 0 Å². The fourth-order valence-electron chi connectivity index (χ4n) is 1.73. The molecule has 16 heavy (non-hydrogen) atoms. The molecule has 0 saturated heterocycles. The summed E-state index contributed by atoms with van der Waals surface area (Å²) in [6.07, 6.45) is 4.28. The predicted octanol–water partition coefficient (Wildman–Crippen LogP) is 3.01. The van der Waals surface area contributed by atoms with E-state index in [1.807, 2.05) is 0 Å². The Balaban J connectivity index is 2.55. The molecule has 1 aliphatic carbocycles. The van der Waals surface area contributed by atoms with Crippen LogP contribution in [0.2, 0.25) is 0 Å². The number of halogens is 2. The van der Waals surface area contributed by atoms with Gasteiger partial charge in [-0.15, -0.1) is 11.8 Å². The molecule has 1 fully saturated rings. The lowest BCUT2D eigenvalue weighted by atomic mass is 10.0. The van der Waals surface area contributed by atoms with Crippen LogP contribution in [0, 0.1) is 11.6 Å². The molecule has 0 spiro atoms. The molecule has 0 aromatic heterocycles. The van der Waals surface area contributed by atoms with Crippen molar-refractivity contribution in [1.29, 1.82) is 0 Å². The van der Waals surface area contributed by atoms with Crippen molar-refractivity contribution in [3.05, 3.63) is 29.3 Å². The maximum Gasteiger partial charge on any atom is 0.235 e. The first kappa shape index (κ1) is 11.3. The summed E-state index contributed by atoms with van der Waals surface area (Å²) in [5.41, 5.74) is -0.495. The monoisotopic (exact) mass is 241 g/mol. The first-order chi connectivity index (χ1) is 7.64. The summed E-state index contributed by atoms with van der Waals surface area (Å²) >= 11 is 1.01. The number of aliphatic imine (C=N–C) groups is 1. The topological polar surface area (TPSA) is 29.4 Å². The van der Waals surface area contributed by atoms with E-state index >= 15 is 0 Å². The lowest BCUT2D eigenvalue weighted by Gasteiger charge is -2.12. The third-order valence-corrected chi connectivity index (χ3v) is 3.52. The minimum Gasteiger partial charge on any atom is -0.211 e. The second-order valence-corrected chi connectivity index (χ2v) is 4.49. The minimum absolute atomic E-state index is 0.0233. The summed E-state index contributed by atoms with van der Waals surface area (Å²) < 4.78 is 27.2. The summed E-state index contributed by atoms with van der Waals surface area (Å²) in [5.74, 6) is -1.19. The fraction of sp³-hybridized carbons (Fsp3) is 0.364. The number of rotatable bonds is 3. The molecule has 0 heterocycles. The van der Waals surface area contributed by atoms with Crippen molar-refractivity contribution in [2.24, 2.45) is 4.99 Å². The van der Waals surface area contributed by atoms with Gasteiger partial charge in [-0.1, -0.05) is 6.07 Å². The van der Waals surface area contributed by atoms with Crippen molar-refractivity contribution in [2.45, 2.75) is 23.3 Å². The molecule has 0 radical (unpaired) electrons. The Hall–Kier alpha value is -1.19. The van der Waals surface area contributed by atoms with Crippen LogP contribution in [0.3, 0.4) is 0 Å². The van der Waals surface area contributed by atoms with Crippen LogP contribution in [0.4, 0.5) is 8.78 Å². The molecule has 0 unspecified atom stereocenters. The number of nitrogens with zero attached hydrogens (tertiary/aromatic N) is 1. The van der Waals surface area contributed by atoms with E-state index in [1.54, 1.807) is 6.26 Å². The second kappa shape index (κ2) is 4.00. The highest BCUT2D eigenvalue weighted by molar-refractivity contribution is 7.98. The Morgan fingerprint density at radius 1 is 1.44 bits per heavy atom. The highest BCUT2D eigenvalue weighted by Gasteiger charge is 2.47. The van der Waals surface area contributed by atoms with Gasteiger partial charge in [0.05, 0.1) is 4.90 Å². The van der Waals surface area contributed by atoms with E-state index in [1.165, 1.54) is 18.2 Å².